The molecule has 1 aromatic rings. The summed E-state index contributed by atoms with van der Waals surface area (Å²) in [6, 6.07) is 0.584. The summed E-state index contributed by atoms with van der Waals surface area (Å²) < 4.78 is 0. The van der Waals surface area contributed by atoms with Crippen molar-refractivity contribution in [2.45, 2.75) is 64.3 Å². The van der Waals surface area contributed by atoms with Crippen molar-refractivity contribution >= 4 is 5.82 Å². The number of aryl methyl sites for hydroxylation is 1. The number of rotatable bonds is 4. The number of nitrogens with zero attached hydrogens (tertiary/aromatic N) is 3. The SMILES string of the molecule is CCCN1CCC(Nc2ncnc3c2CCCCC3)CC1. The minimum atomic E-state index is 0.584. The topological polar surface area (TPSA) is 41.0 Å². The molecule has 1 aliphatic heterocycles. The lowest BCUT2D eigenvalue weighted by Gasteiger charge is -2.32. The molecule has 0 spiro atoms. The van der Waals surface area contributed by atoms with Gasteiger partial charge < -0.3 is 10.2 Å². The van der Waals surface area contributed by atoms with Crippen LogP contribution in [0.5, 0.6) is 0 Å². The molecule has 4 heteroatoms. The van der Waals surface area contributed by atoms with E-state index in [2.05, 4.69) is 27.1 Å². The van der Waals surface area contributed by atoms with E-state index in [0.717, 1.165) is 18.7 Å². The maximum Gasteiger partial charge on any atom is 0.133 e. The number of nitrogens with one attached hydrogen (secondary N) is 1. The molecule has 1 aromatic heterocycles. The quantitative estimate of drug-likeness (QED) is 0.865. The molecule has 1 saturated heterocycles. The van der Waals surface area contributed by atoms with Gasteiger partial charge in [0.05, 0.1) is 0 Å². The molecule has 1 N–H and O–H groups in total. The number of likely N-dealkylation sites (tertiary alicyclic amines) is 1. The van der Waals surface area contributed by atoms with Crippen LogP contribution in [-0.4, -0.2) is 40.5 Å². The highest BCUT2D eigenvalue weighted by molar-refractivity contribution is 5.47. The minimum absolute atomic E-state index is 0.584. The van der Waals surface area contributed by atoms with Crippen LogP contribution < -0.4 is 5.32 Å². The van der Waals surface area contributed by atoms with Crippen LogP contribution in [0.15, 0.2) is 6.33 Å². The molecular weight excluding hydrogens is 260 g/mol. The van der Waals surface area contributed by atoms with Gasteiger partial charge in [-0.05, 0) is 51.5 Å². The zero-order chi connectivity index (χ0) is 14.5. The van der Waals surface area contributed by atoms with E-state index >= 15 is 0 Å². The molecule has 0 bridgehead atoms. The standard InChI is InChI=1S/C17H28N4/c1-2-10-21-11-8-14(9-12-21)20-17-15-6-4-3-5-7-16(15)18-13-19-17/h13-14H,2-12H2,1H3,(H,18,19,20). The van der Waals surface area contributed by atoms with Gasteiger partial charge in [-0.1, -0.05) is 13.3 Å². The second kappa shape index (κ2) is 7.21. The van der Waals surface area contributed by atoms with Gasteiger partial charge in [0, 0.05) is 30.4 Å². The fraction of sp³-hybridized carbons (Fsp3) is 0.765. The van der Waals surface area contributed by atoms with Gasteiger partial charge in [-0.15, -0.1) is 0 Å². The van der Waals surface area contributed by atoms with E-state index in [1.165, 1.54) is 69.4 Å². The Morgan fingerprint density at radius 1 is 1.14 bits per heavy atom. The van der Waals surface area contributed by atoms with Crippen molar-refractivity contribution in [1.29, 1.82) is 0 Å². The first kappa shape index (κ1) is 14.8. The first-order valence-electron chi connectivity index (χ1n) is 8.68. The summed E-state index contributed by atoms with van der Waals surface area (Å²) in [6.45, 7) is 5.95. The van der Waals surface area contributed by atoms with Crippen LogP contribution >= 0.6 is 0 Å². The van der Waals surface area contributed by atoms with Gasteiger partial charge in [0.15, 0.2) is 0 Å². The van der Waals surface area contributed by atoms with Crippen LogP contribution in [-0.2, 0) is 12.8 Å². The van der Waals surface area contributed by atoms with Gasteiger partial charge in [0.1, 0.15) is 12.1 Å². The molecular formula is C17H28N4. The molecule has 2 heterocycles. The summed E-state index contributed by atoms with van der Waals surface area (Å²) in [5.74, 6) is 1.12. The van der Waals surface area contributed by atoms with Crippen molar-refractivity contribution in [2.24, 2.45) is 0 Å². The first-order chi connectivity index (χ1) is 10.4. The third-order valence-corrected chi connectivity index (χ3v) is 4.84. The predicted molar refractivity (Wildman–Crippen MR) is 86.7 cm³/mol. The highest BCUT2D eigenvalue weighted by Crippen LogP contribution is 2.25. The van der Waals surface area contributed by atoms with Crippen LogP contribution in [0.4, 0.5) is 5.82 Å². The first-order valence-corrected chi connectivity index (χ1v) is 8.68. The Morgan fingerprint density at radius 3 is 2.76 bits per heavy atom. The van der Waals surface area contributed by atoms with E-state index in [1.807, 2.05) is 0 Å². The molecule has 1 aliphatic carbocycles. The Morgan fingerprint density at radius 2 is 1.95 bits per heavy atom. The molecule has 0 atom stereocenters. The molecule has 0 aromatic carbocycles. The fourth-order valence-electron chi connectivity index (χ4n) is 3.63. The lowest BCUT2D eigenvalue weighted by Crippen LogP contribution is -2.39. The summed E-state index contributed by atoms with van der Waals surface area (Å²) in [7, 11) is 0. The predicted octanol–water partition coefficient (Wildman–Crippen LogP) is 3.03. The summed E-state index contributed by atoms with van der Waals surface area (Å²) in [6.07, 6.45) is 11.6. The fourth-order valence-corrected chi connectivity index (χ4v) is 3.63. The third kappa shape index (κ3) is 3.73. The average molecular weight is 288 g/mol. The molecule has 0 amide bonds. The second-order valence-corrected chi connectivity index (χ2v) is 6.47. The Balaban J connectivity index is 1.63. The monoisotopic (exact) mass is 288 g/mol. The van der Waals surface area contributed by atoms with E-state index in [1.54, 1.807) is 6.33 Å². The van der Waals surface area contributed by atoms with Crippen LogP contribution in [0, 0.1) is 0 Å². The van der Waals surface area contributed by atoms with E-state index < -0.39 is 0 Å². The maximum absolute atomic E-state index is 4.55. The van der Waals surface area contributed by atoms with Gasteiger partial charge in [-0.2, -0.15) is 0 Å². The largest absolute Gasteiger partial charge is 0.367 e. The van der Waals surface area contributed by atoms with Gasteiger partial charge >= 0.3 is 0 Å². The van der Waals surface area contributed by atoms with E-state index in [-0.39, 0.29) is 0 Å². The smallest absolute Gasteiger partial charge is 0.133 e. The Hall–Kier alpha value is -1.16. The van der Waals surface area contributed by atoms with Gasteiger partial charge in [-0.3, -0.25) is 0 Å². The average Bonchev–Trinajstić information content (AvgIpc) is 2.76. The number of hydrogen-bond donors (Lipinski definition) is 1. The highest BCUT2D eigenvalue weighted by atomic mass is 15.1. The number of aromatic nitrogens is 2. The Labute approximate surface area is 128 Å². The maximum atomic E-state index is 4.55. The number of hydrogen-bond acceptors (Lipinski definition) is 4. The number of piperidine rings is 1. The van der Waals surface area contributed by atoms with Crippen LogP contribution in [0.25, 0.3) is 0 Å². The van der Waals surface area contributed by atoms with Crippen molar-refractivity contribution in [3.05, 3.63) is 17.6 Å². The zero-order valence-corrected chi connectivity index (χ0v) is 13.3. The minimum Gasteiger partial charge on any atom is -0.367 e. The molecule has 0 unspecified atom stereocenters. The number of fused-ring (bicyclic) bond motifs is 1. The van der Waals surface area contributed by atoms with Gasteiger partial charge in [0.25, 0.3) is 0 Å². The summed E-state index contributed by atoms with van der Waals surface area (Å²) in [5, 5.41) is 3.72. The molecule has 21 heavy (non-hydrogen) atoms. The van der Waals surface area contributed by atoms with Crippen LogP contribution in [0.3, 0.4) is 0 Å². The second-order valence-electron chi connectivity index (χ2n) is 6.47. The lowest BCUT2D eigenvalue weighted by molar-refractivity contribution is 0.219. The third-order valence-electron chi connectivity index (χ3n) is 4.84. The van der Waals surface area contributed by atoms with Crippen molar-refractivity contribution in [3.8, 4) is 0 Å². The van der Waals surface area contributed by atoms with Gasteiger partial charge in [0.2, 0.25) is 0 Å². The lowest BCUT2D eigenvalue weighted by atomic mass is 10.0. The summed E-state index contributed by atoms with van der Waals surface area (Å²) >= 11 is 0. The zero-order valence-electron chi connectivity index (χ0n) is 13.3. The van der Waals surface area contributed by atoms with Crippen molar-refractivity contribution in [2.75, 3.05) is 25.0 Å². The molecule has 116 valence electrons. The summed E-state index contributed by atoms with van der Waals surface area (Å²) in [4.78, 5) is 11.6. The van der Waals surface area contributed by atoms with Crippen molar-refractivity contribution < 1.29 is 0 Å². The van der Waals surface area contributed by atoms with E-state index in [0.29, 0.717) is 6.04 Å². The molecule has 0 saturated carbocycles. The normalized spacial score (nSPS) is 20.8. The molecule has 4 nitrogen and oxygen atoms in total. The Kier molecular flexibility index (Phi) is 5.07. The van der Waals surface area contributed by atoms with Crippen LogP contribution in [0.2, 0.25) is 0 Å². The molecule has 0 radical (unpaired) electrons. The highest BCUT2D eigenvalue weighted by Gasteiger charge is 2.21. The van der Waals surface area contributed by atoms with Crippen molar-refractivity contribution in [3.63, 3.8) is 0 Å². The van der Waals surface area contributed by atoms with Crippen molar-refractivity contribution in [1.82, 2.24) is 14.9 Å². The summed E-state index contributed by atoms with van der Waals surface area (Å²) in [5.41, 5.74) is 2.68. The van der Waals surface area contributed by atoms with E-state index in [4.69, 9.17) is 0 Å². The molecule has 1 fully saturated rings. The molecule has 2 aliphatic rings. The number of anilines is 1. The van der Waals surface area contributed by atoms with E-state index in [9.17, 15) is 0 Å². The molecule has 3 rings (SSSR count). The Bertz CT molecular complexity index is 452. The van der Waals surface area contributed by atoms with Crippen LogP contribution in [0.1, 0.15) is 56.7 Å². The van der Waals surface area contributed by atoms with Gasteiger partial charge in [-0.25, -0.2) is 9.97 Å².